The monoisotopic (exact) mass is 463 g/mol. The van der Waals surface area contributed by atoms with Crippen LogP contribution >= 0.6 is 0 Å². The van der Waals surface area contributed by atoms with Crippen LogP contribution in [0, 0.1) is 0 Å². The average molecular weight is 464 g/mol. The van der Waals surface area contributed by atoms with Gasteiger partial charge in [-0.15, -0.1) is 0 Å². The van der Waals surface area contributed by atoms with Gasteiger partial charge in [0, 0.05) is 49.8 Å². The molecule has 2 N–H and O–H groups in total. The number of carbonyl (C=O) groups is 2. The molecule has 2 aromatic rings. The van der Waals surface area contributed by atoms with Crippen molar-refractivity contribution in [2.45, 2.75) is 32.4 Å². The highest BCUT2D eigenvalue weighted by molar-refractivity contribution is 6.06. The molecule has 3 rings (SSSR count). The highest BCUT2D eigenvalue weighted by Crippen LogP contribution is 2.30. The van der Waals surface area contributed by atoms with Crippen molar-refractivity contribution >= 4 is 23.2 Å². The van der Waals surface area contributed by atoms with E-state index in [-0.39, 0.29) is 11.5 Å². The molecule has 0 spiro atoms. The second-order valence-corrected chi connectivity index (χ2v) is 7.76. The minimum absolute atomic E-state index is 0.0912. The molecule has 6 nitrogen and oxygen atoms in total. The second-order valence-electron chi connectivity index (χ2n) is 7.76. The van der Waals surface area contributed by atoms with Gasteiger partial charge in [0.25, 0.3) is 11.8 Å². The van der Waals surface area contributed by atoms with Crippen LogP contribution in [-0.2, 0) is 10.9 Å². The van der Waals surface area contributed by atoms with E-state index in [0.29, 0.717) is 37.4 Å². The van der Waals surface area contributed by atoms with E-state index in [0.717, 1.165) is 55.9 Å². The Morgan fingerprint density at radius 2 is 1.73 bits per heavy atom. The quantitative estimate of drug-likeness (QED) is 0.529. The van der Waals surface area contributed by atoms with Crippen molar-refractivity contribution in [2.75, 3.05) is 43.1 Å². The Labute approximate surface area is 191 Å². The van der Waals surface area contributed by atoms with Gasteiger partial charge in [-0.25, -0.2) is 0 Å². The summed E-state index contributed by atoms with van der Waals surface area (Å²) in [5, 5.41) is 5.56. The van der Waals surface area contributed by atoms with E-state index >= 15 is 0 Å². The van der Waals surface area contributed by atoms with Crippen LogP contribution < -0.4 is 15.5 Å². The van der Waals surface area contributed by atoms with Crippen LogP contribution in [0.25, 0.3) is 0 Å². The number of halogens is 3. The molecule has 0 saturated carbocycles. The first-order chi connectivity index (χ1) is 15.8. The van der Waals surface area contributed by atoms with Gasteiger partial charge in [0.15, 0.2) is 0 Å². The third-order valence-electron chi connectivity index (χ3n) is 5.38. The summed E-state index contributed by atoms with van der Waals surface area (Å²) in [6, 6.07) is 9.09. The summed E-state index contributed by atoms with van der Waals surface area (Å²) >= 11 is 0. The normalized spacial score (nSPS) is 13.8. The van der Waals surface area contributed by atoms with Crippen molar-refractivity contribution in [3.05, 3.63) is 59.2 Å². The number of amides is 2. The Balaban J connectivity index is 1.74. The summed E-state index contributed by atoms with van der Waals surface area (Å²) in [6.45, 7) is 5.24. The van der Waals surface area contributed by atoms with E-state index in [9.17, 15) is 22.8 Å². The van der Waals surface area contributed by atoms with Crippen molar-refractivity contribution < 1.29 is 27.5 Å². The van der Waals surface area contributed by atoms with Crippen molar-refractivity contribution in [3.8, 4) is 0 Å². The molecule has 178 valence electrons. The van der Waals surface area contributed by atoms with Crippen LogP contribution in [0.2, 0.25) is 0 Å². The average Bonchev–Trinajstić information content (AvgIpc) is 3.33. The Bertz CT molecular complexity index is 956. The predicted molar refractivity (Wildman–Crippen MR) is 121 cm³/mol. The van der Waals surface area contributed by atoms with E-state index in [1.807, 2.05) is 6.92 Å². The maximum Gasteiger partial charge on any atom is 0.416 e. The fourth-order valence-corrected chi connectivity index (χ4v) is 3.66. The van der Waals surface area contributed by atoms with Gasteiger partial charge in [0.05, 0.1) is 11.1 Å². The summed E-state index contributed by atoms with van der Waals surface area (Å²) in [6.07, 6.45) is -1.70. The summed E-state index contributed by atoms with van der Waals surface area (Å²) in [5.41, 5.74) is 0.897. The fraction of sp³-hybridized carbons (Fsp3) is 0.417. The standard InChI is InChI=1S/C24H28F3N3O3/c1-2-33-15-5-12-28-23(32)20-16-19(10-11-21(20)30-13-3-4-14-30)29-22(31)17-6-8-18(9-7-17)24(25,26)27/h6-11,16H,2-5,12-15H2,1H3,(H,28,32)(H,29,31). The van der Waals surface area contributed by atoms with E-state index < -0.39 is 17.6 Å². The molecule has 0 bridgehead atoms. The highest BCUT2D eigenvalue weighted by Gasteiger charge is 2.30. The molecule has 1 fully saturated rings. The molecular formula is C24H28F3N3O3. The summed E-state index contributed by atoms with van der Waals surface area (Å²) in [5.74, 6) is -0.806. The topological polar surface area (TPSA) is 70.7 Å². The molecule has 1 saturated heterocycles. The van der Waals surface area contributed by atoms with Gasteiger partial charge in [0.2, 0.25) is 0 Å². The molecule has 0 unspecified atom stereocenters. The Hall–Kier alpha value is -3.07. The molecule has 1 heterocycles. The lowest BCUT2D eigenvalue weighted by atomic mass is 10.1. The minimum atomic E-state index is -4.47. The van der Waals surface area contributed by atoms with Gasteiger partial charge >= 0.3 is 6.18 Å². The molecule has 0 aliphatic carbocycles. The smallest absolute Gasteiger partial charge is 0.382 e. The lowest BCUT2D eigenvalue weighted by molar-refractivity contribution is -0.137. The van der Waals surface area contributed by atoms with Crippen LogP contribution in [0.1, 0.15) is 52.5 Å². The van der Waals surface area contributed by atoms with Gasteiger partial charge in [-0.2, -0.15) is 13.2 Å². The van der Waals surface area contributed by atoms with E-state index in [4.69, 9.17) is 4.74 Å². The maximum absolute atomic E-state index is 12.9. The predicted octanol–water partition coefficient (Wildman–Crippen LogP) is 4.71. The number of anilines is 2. The highest BCUT2D eigenvalue weighted by atomic mass is 19.4. The molecule has 33 heavy (non-hydrogen) atoms. The molecule has 0 atom stereocenters. The number of hydrogen-bond donors (Lipinski definition) is 2. The zero-order chi connectivity index (χ0) is 23.8. The van der Waals surface area contributed by atoms with Crippen LogP contribution in [0.4, 0.5) is 24.5 Å². The number of benzene rings is 2. The Morgan fingerprint density at radius 3 is 2.36 bits per heavy atom. The molecule has 2 aromatic carbocycles. The number of hydrogen-bond acceptors (Lipinski definition) is 4. The molecule has 1 aliphatic rings. The molecule has 1 aliphatic heterocycles. The Kier molecular flexibility index (Phi) is 8.32. The first-order valence-electron chi connectivity index (χ1n) is 11.0. The van der Waals surface area contributed by atoms with Gasteiger partial charge in [-0.1, -0.05) is 0 Å². The lowest BCUT2D eigenvalue weighted by Gasteiger charge is -2.22. The van der Waals surface area contributed by atoms with Crippen LogP contribution in [-0.4, -0.2) is 44.7 Å². The second kappa shape index (κ2) is 11.2. The number of ether oxygens (including phenoxy) is 1. The first kappa shape index (κ1) is 24.6. The van der Waals surface area contributed by atoms with E-state index in [2.05, 4.69) is 15.5 Å². The van der Waals surface area contributed by atoms with Crippen molar-refractivity contribution in [3.63, 3.8) is 0 Å². The SMILES string of the molecule is CCOCCCNC(=O)c1cc(NC(=O)c2ccc(C(F)(F)F)cc2)ccc1N1CCCC1. The van der Waals surface area contributed by atoms with Gasteiger partial charge in [0.1, 0.15) is 0 Å². The number of nitrogens with one attached hydrogen (secondary N) is 2. The third kappa shape index (κ3) is 6.71. The summed E-state index contributed by atoms with van der Waals surface area (Å²) < 4.78 is 43.5. The lowest BCUT2D eigenvalue weighted by Crippen LogP contribution is -2.29. The van der Waals surface area contributed by atoms with Crippen LogP contribution in [0.3, 0.4) is 0 Å². The number of rotatable bonds is 9. The number of nitrogens with zero attached hydrogens (tertiary/aromatic N) is 1. The first-order valence-corrected chi connectivity index (χ1v) is 11.0. The van der Waals surface area contributed by atoms with E-state index in [1.165, 1.54) is 0 Å². The maximum atomic E-state index is 12.9. The van der Waals surface area contributed by atoms with Crippen molar-refractivity contribution in [1.29, 1.82) is 0 Å². The van der Waals surface area contributed by atoms with Crippen molar-refractivity contribution in [1.82, 2.24) is 5.32 Å². The third-order valence-corrected chi connectivity index (χ3v) is 5.38. The zero-order valence-corrected chi connectivity index (χ0v) is 18.5. The molecule has 9 heteroatoms. The fourth-order valence-electron chi connectivity index (χ4n) is 3.66. The molecular weight excluding hydrogens is 435 g/mol. The van der Waals surface area contributed by atoms with Gasteiger partial charge < -0.3 is 20.3 Å². The number of carbonyl (C=O) groups excluding carboxylic acids is 2. The van der Waals surface area contributed by atoms with Crippen LogP contribution in [0.15, 0.2) is 42.5 Å². The molecule has 0 aromatic heterocycles. The Morgan fingerprint density at radius 1 is 1.03 bits per heavy atom. The zero-order valence-electron chi connectivity index (χ0n) is 18.5. The minimum Gasteiger partial charge on any atom is -0.382 e. The summed E-state index contributed by atoms with van der Waals surface area (Å²) in [7, 11) is 0. The van der Waals surface area contributed by atoms with Gasteiger partial charge in [-0.3, -0.25) is 9.59 Å². The molecule has 0 radical (unpaired) electrons. The van der Waals surface area contributed by atoms with Crippen molar-refractivity contribution in [2.24, 2.45) is 0 Å². The number of alkyl halides is 3. The summed E-state index contributed by atoms with van der Waals surface area (Å²) in [4.78, 5) is 27.6. The molecule has 2 amide bonds. The largest absolute Gasteiger partial charge is 0.416 e. The van der Waals surface area contributed by atoms with E-state index in [1.54, 1.807) is 18.2 Å². The van der Waals surface area contributed by atoms with Gasteiger partial charge in [-0.05, 0) is 68.7 Å². The van der Waals surface area contributed by atoms with Crippen LogP contribution in [0.5, 0.6) is 0 Å².